The highest BCUT2D eigenvalue weighted by atomic mass is 32.2. The Bertz CT molecular complexity index is 1370. The number of para-hydroxylation sites is 1. The number of hydrogen-bond donors (Lipinski definition) is 1. The largest absolute Gasteiger partial charge is 0.497 e. The second-order valence-corrected chi connectivity index (χ2v) is 11.0. The van der Waals surface area contributed by atoms with Crippen LogP contribution in [0.25, 0.3) is 0 Å². The molecule has 2 atom stereocenters. The van der Waals surface area contributed by atoms with E-state index < -0.39 is 34.3 Å². The molecule has 1 N–H and O–H groups in total. The Morgan fingerprint density at radius 2 is 1.56 bits per heavy atom. The number of hydrogen-bond acceptors (Lipinski definition) is 5. The van der Waals surface area contributed by atoms with Gasteiger partial charge in [0.15, 0.2) is 0 Å². The van der Waals surface area contributed by atoms with Crippen LogP contribution < -0.4 is 14.4 Å². The number of amides is 2. The zero-order valence-corrected chi connectivity index (χ0v) is 23.3. The average molecular weight is 556 g/mol. The van der Waals surface area contributed by atoms with E-state index in [-0.39, 0.29) is 29.1 Å². The van der Waals surface area contributed by atoms with E-state index in [1.54, 1.807) is 49.4 Å². The van der Waals surface area contributed by atoms with Gasteiger partial charge in [-0.1, -0.05) is 49.4 Å². The van der Waals surface area contributed by atoms with Gasteiger partial charge in [0, 0.05) is 12.6 Å². The van der Waals surface area contributed by atoms with Crippen LogP contribution in [0.5, 0.6) is 5.75 Å². The van der Waals surface area contributed by atoms with E-state index in [4.69, 9.17) is 4.74 Å². The molecule has 0 aliphatic rings. The van der Waals surface area contributed by atoms with Gasteiger partial charge in [0.25, 0.3) is 10.0 Å². The fourth-order valence-corrected chi connectivity index (χ4v) is 5.31. The molecule has 0 aliphatic heterocycles. The first-order valence-electron chi connectivity index (χ1n) is 12.6. The number of anilines is 1. The molecule has 39 heavy (non-hydrogen) atoms. The van der Waals surface area contributed by atoms with Crippen LogP contribution in [-0.2, 0) is 26.2 Å². The summed E-state index contributed by atoms with van der Waals surface area (Å²) < 4.78 is 48.2. The summed E-state index contributed by atoms with van der Waals surface area (Å²) in [7, 11) is -2.79. The van der Waals surface area contributed by atoms with Gasteiger partial charge < -0.3 is 15.0 Å². The van der Waals surface area contributed by atoms with E-state index in [1.807, 2.05) is 13.8 Å². The van der Waals surface area contributed by atoms with Gasteiger partial charge in [-0.15, -0.1) is 0 Å². The molecule has 0 heterocycles. The van der Waals surface area contributed by atoms with Crippen molar-refractivity contribution in [2.45, 2.75) is 50.7 Å². The number of methoxy groups -OCH3 is 1. The van der Waals surface area contributed by atoms with Gasteiger partial charge in [0.1, 0.15) is 24.2 Å². The molecule has 0 unspecified atom stereocenters. The van der Waals surface area contributed by atoms with Gasteiger partial charge in [-0.05, 0) is 62.2 Å². The van der Waals surface area contributed by atoms with Crippen LogP contribution in [-0.4, -0.2) is 50.9 Å². The Morgan fingerprint density at radius 1 is 0.949 bits per heavy atom. The number of halogens is 1. The van der Waals surface area contributed by atoms with Crippen molar-refractivity contribution < 1.29 is 27.1 Å². The molecule has 0 saturated carbocycles. The SMILES string of the molecule is CC[C@H](C)NC(=O)[C@H](C)N(Cc1ccc(OC)cc1)C(=O)CN(c1ccccc1F)S(=O)(=O)c1ccccc1. The van der Waals surface area contributed by atoms with Gasteiger partial charge in [-0.25, -0.2) is 12.8 Å². The summed E-state index contributed by atoms with van der Waals surface area (Å²) in [6, 6.07) is 18.8. The first-order valence-corrected chi connectivity index (χ1v) is 14.1. The number of carbonyl (C=O) groups is 2. The number of sulfonamides is 1. The molecule has 3 aromatic rings. The van der Waals surface area contributed by atoms with E-state index in [9.17, 15) is 22.4 Å². The summed E-state index contributed by atoms with van der Waals surface area (Å²) in [5.41, 5.74) is 0.437. The maximum atomic E-state index is 14.9. The van der Waals surface area contributed by atoms with Crippen LogP contribution in [0.1, 0.15) is 32.8 Å². The van der Waals surface area contributed by atoms with E-state index in [2.05, 4.69) is 5.32 Å². The number of rotatable bonds is 12. The summed E-state index contributed by atoms with van der Waals surface area (Å²) in [6.07, 6.45) is 0.696. The minimum atomic E-state index is -4.33. The third kappa shape index (κ3) is 7.35. The third-order valence-electron chi connectivity index (χ3n) is 6.41. The maximum absolute atomic E-state index is 14.9. The summed E-state index contributed by atoms with van der Waals surface area (Å²) in [5.74, 6) is -1.22. The highest BCUT2D eigenvalue weighted by molar-refractivity contribution is 7.92. The molecule has 3 rings (SSSR count). The van der Waals surface area contributed by atoms with Crippen molar-refractivity contribution in [2.24, 2.45) is 0 Å². The summed E-state index contributed by atoms with van der Waals surface area (Å²) in [4.78, 5) is 28.1. The molecule has 0 aliphatic carbocycles. The highest BCUT2D eigenvalue weighted by Gasteiger charge is 2.33. The molecule has 8 nitrogen and oxygen atoms in total. The number of carbonyl (C=O) groups excluding carboxylic acids is 2. The lowest BCUT2D eigenvalue weighted by molar-refractivity contribution is -0.139. The average Bonchev–Trinajstić information content (AvgIpc) is 2.95. The number of ether oxygens (including phenoxy) is 1. The summed E-state index contributed by atoms with van der Waals surface area (Å²) in [5, 5.41) is 2.87. The first kappa shape index (κ1) is 29.6. The Balaban J connectivity index is 2.02. The Morgan fingerprint density at radius 3 is 2.15 bits per heavy atom. The van der Waals surface area contributed by atoms with Crippen LogP contribution in [0.2, 0.25) is 0 Å². The van der Waals surface area contributed by atoms with E-state index in [0.29, 0.717) is 17.7 Å². The van der Waals surface area contributed by atoms with Crippen molar-refractivity contribution in [2.75, 3.05) is 18.0 Å². The summed E-state index contributed by atoms with van der Waals surface area (Å²) >= 11 is 0. The second kappa shape index (κ2) is 13.2. The second-order valence-electron chi connectivity index (χ2n) is 9.14. The van der Waals surface area contributed by atoms with Crippen molar-refractivity contribution in [3.05, 3.63) is 90.2 Å². The molecule has 0 aromatic heterocycles. The van der Waals surface area contributed by atoms with Crippen LogP contribution >= 0.6 is 0 Å². The monoisotopic (exact) mass is 555 g/mol. The van der Waals surface area contributed by atoms with Crippen molar-refractivity contribution in [1.29, 1.82) is 0 Å². The zero-order valence-electron chi connectivity index (χ0n) is 22.5. The van der Waals surface area contributed by atoms with Crippen molar-refractivity contribution in [1.82, 2.24) is 10.2 Å². The Labute approximate surface area is 229 Å². The predicted molar refractivity (Wildman–Crippen MR) is 148 cm³/mol. The van der Waals surface area contributed by atoms with E-state index in [1.165, 1.54) is 42.3 Å². The fraction of sp³-hybridized carbons (Fsp3) is 0.310. The molecule has 208 valence electrons. The smallest absolute Gasteiger partial charge is 0.264 e. The number of benzene rings is 3. The molecule has 0 bridgehead atoms. The molecule has 0 spiro atoms. The normalized spacial score (nSPS) is 12.7. The molecule has 0 radical (unpaired) electrons. The molecule has 10 heteroatoms. The standard InChI is InChI=1S/C29H34FN3O5S/c1-5-21(2)31-29(35)22(3)32(19-23-15-17-24(38-4)18-16-23)28(34)20-33(27-14-10-9-13-26(27)30)39(36,37)25-11-7-6-8-12-25/h6-18,21-22H,5,19-20H2,1-4H3,(H,31,35)/t21-,22-/m0/s1. The van der Waals surface area contributed by atoms with Crippen molar-refractivity contribution in [3.8, 4) is 5.75 Å². The Kier molecular flexibility index (Phi) is 10.1. The zero-order chi connectivity index (χ0) is 28.6. The number of nitrogens with one attached hydrogen (secondary N) is 1. The van der Waals surface area contributed by atoms with E-state index in [0.717, 1.165) is 10.4 Å². The topological polar surface area (TPSA) is 96.0 Å². The van der Waals surface area contributed by atoms with E-state index >= 15 is 0 Å². The van der Waals surface area contributed by atoms with Gasteiger partial charge in [0.05, 0.1) is 17.7 Å². The lowest BCUT2D eigenvalue weighted by Crippen LogP contribution is -2.52. The van der Waals surface area contributed by atoms with Gasteiger partial charge >= 0.3 is 0 Å². The minimum absolute atomic E-state index is 0.0222. The quantitative estimate of drug-likeness (QED) is 0.358. The predicted octanol–water partition coefficient (Wildman–Crippen LogP) is 4.36. The highest BCUT2D eigenvalue weighted by Crippen LogP contribution is 2.27. The third-order valence-corrected chi connectivity index (χ3v) is 8.19. The van der Waals surface area contributed by atoms with Crippen molar-refractivity contribution in [3.63, 3.8) is 0 Å². The molecule has 0 saturated heterocycles. The molecular formula is C29H34FN3O5S. The van der Waals surface area contributed by atoms with Crippen LogP contribution in [0, 0.1) is 5.82 Å². The van der Waals surface area contributed by atoms with Gasteiger partial charge in [0.2, 0.25) is 11.8 Å². The van der Waals surface area contributed by atoms with Crippen LogP contribution in [0.4, 0.5) is 10.1 Å². The molecular weight excluding hydrogens is 521 g/mol. The summed E-state index contributed by atoms with van der Waals surface area (Å²) in [6.45, 7) is 4.67. The van der Waals surface area contributed by atoms with Crippen molar-refractivity contribution >= 4 is 27.5 Å². The molecule has 0 fully saturated rings. The lowest BCUT2D eigenvalue weighted by Gasteiger charge is -2.32. The molecule has 2 amide bonds. The molecule has 3 aromatic carbocycles. The van der Waals surface area contributed by atoms with Gasteiger partial charge in [-0.2, -0.15) is 0 Å². The minimum Gasteiger partial charge on any atom is -0.497 e. The maximum Gasteiger partial charge on any atom is 0.264 e. The Hall–Kier alpha value is -3.92. The fourth-order valence-electron chi connectivity index (χ4n) is 3.86. The number of nitrogens with zero attached hydrogens (tertiary/aromatic N) is 2. The van der Waals surface area contributed by atoms with Crippen LogP contribution in [0.15, 0.2) is 83.8 Å². The lowest BCUT2D eigenvalue weighted by atomic mass is 10.1. The first-order chi connectivity index (χ1) is 18.6. The van der Waals surface area contributed by atoms with Gasteiger partial charge in [-0.3, -0.25) is 13.9 Å². The van der Waals surface area contributed by atoms with Crippen LogP contribution in [0.3, 0.4) is 0 Å².